The Labute approximate surface area is 81.1 Å². The summed E-state index contributed by atoms with van der Waals surface area (Å²) in [6, 6.07) is 0. The van der Waals surface area contributed by atoms with E-state index < -0.39 is 0 Å². The van der Waals surface area contributed by atoms with Gasteiger partial charge in [0.1, 0.15) is 11.5 Å². The van der Waals surface area contributed by atoms with E-state index in [1.165, 1.54) is 14.1 Å². The van der Waals surface area contributed by atoms with Gasteiger partial charge in [0, 0.05) is 14.1 Å². The van der Waals surface area contributed by atoms with Gasteiger partial charge < -0.3 is 15.6 Å². The Kier molecular flexibility index (Phi) is 2.85. The van der Waals surface area contributed by atoms with Gasteiger partial charge in [-0.1, -0.05) is 0 Å². The lowest BCUT2D eigenvalue weighted by atomic mass is 10.3. The standard InChI is InChI=1S/C8H12N4O2/c1-4-11-5(7(13)9-2)6(12-4)8(14)10-3/h1-3H3,(H,9,13)(H,10,14)(H,11,12). The molecule has 0 radical (unpaired) electrons. The first-order chi connectivity index (χ1) is 6.60. The molecule has 1 heterocycles. The first-order valence-corrected chi connectivity index (χ1v) is 4.11. The number of hydrogen-bond acceptors (Lipinski definition) is 3. The van der Waals surface area contributed by atoms with Crippen LogP contribution < -0.4 is 10.6 Å². The van der Waals surface area contributed by atoms with Crippen molar-refractivity contribution in [2.45, 2.75) is 6.92 Å². The van der Waals surface area contributed by atoms with Crippen molar-refractivity contribution in [1.29, 1.82) is 0 Å². The highest BCUT2D eigenvalue weighted by atomic mass is 16.2. The first-order valence-electron chi connectivity index (χ1n) is 4.11. The number of H-pyrrole nitrogens is 1. The van der Waals surface area contributed by atoms with Crippen molar-refractivity contribution >= 4 is 11.8 Å². The summed E-state index contributed by atoms with van der Waals surface area (Å²) in [4.78, 5) is 29.2. The molecule has 0 unspecified atom stereocenters. The van der Waals surface area contributed by atoms with Crippen molar-refractivity contribution in [3.63, 3.8) is 0 Å². The maximum absolute atomic E-state index is 11.3. The average molecular weight is 196 g/mol. The van der Waals surface area contributed by atoms with Gasteiger partial charge in [-0.3, -0.25) is 9.59 Å². The van der Waals surface area contributed by atoms with Gasteiger partial charge in [-0.15, -0.1) is 0 Å². The molecule has 0 aliphatic rings. The lowest BCUT2D eigenvalue weighted by molar-refractivity contribution is 0.0924. The van der Waals surface area contributed by atoms with Gasteiger partial charge in [-0.25, -0.2) is 4.98 Å². The molecule has 1 rings (SSSR count). The minimum Gasteiger partial charge on any atom is -0.354 e. The molecule has 0 bridgehead atoms. The topological polar surface area (TPSA) is 86.9 Å². The Morgan fingerprint density at radius 1 is 1.21 bits per heavy atom. The molecule has 0 aliphatic carbocycles. The van der Waals surface area contributed by atoms with E-state index in [1.54, 1.807) is 6.92 Å². The van der Waals surface area contributed by atoms with Crippen LogP contribution in [0.15, 0.2) is 0 Å². The molecule has 14 heavy (non-hydrogen) atoms. The zero-order chi connectivity index (χ0) is 10.7. The van der Waals surface area contributed by atoms with E-state index in [4.69, 9.17) is 0 Å². The molecule has 1 aromatic heterocycles. The fraction of sp³-hybridized carbons (Fsp3) is 0.375. The number of carbonyl (C=O) groups excluding carboxylic acids is 2. The second-order valence-electron chi connectivity index (χ2n) is 2.70. The van der Waals surface area contributed by atoms with Crippen LogP contribution in [0.2, 0.25) is 0 Å². The molecule has 0 saturated carbocycles. The normalized spacial score (nSPS) is 9.64. The monoisotopic (exact) mass is 196 g/mol. The molecule has 0 atom stereocenters. The van der Waals surface area contributed by atoms with Gasteiger partial charge in [0.2, 0.25) is 0 Å². The summed E-state index contributed by atoms with van der Waals surface area (Å²) in [5.41, 5.74) is 0.300. The van der Waals surface area contributed by atoms with Crippen LogP contribution in [0.4, 0.5) is 0 Å². The highest BCUT2D eigenvalue weighted by Crippen LogP contribution is 2.05. The molecule has 0 spiro atoms. The second kappa shape index (κ2) is 3.91. The summed E-state index contributed by atoms with van der Waals surface area (Å²) in [6.07, 6.45) is 0. The lowest BCUT2D eigenvalue weighted by Crippen LogP contribution is -2.25. The van der Waals surface area contributed by atoms with Gasteiger partial charge in [-0.2, -0.15) is 0 Å². The molecule has 6 heteroatoms. The van der Waals surface area contributed by atoms with Gasteiger partial charge in [0.25, 0.3) is 11.8 Å². The SMILES string of the molecule is CNC(=O)c1nc(C)[nH]c1C(=O)NC. The zero-order valence-electron chi connectivity index (χ0n) is 8.26. The van der Waals surface area contributed by atoms with Crippen molar-refractivity contribution in [1.82, 2.24) is 20.6 Å². The van der Waals surface area contributed by atoms with Crippen LogP contribution in [0.3, 0.4) is 0 Å². The minimum atomic E-state index is -0.382. The average Bonchev–Trinajstić information content (AvgIpc) is 2.58. The van der Waals surface area contributed by atoms with Crippen molar-refractivity contribution in [3.05, 3.63) is 17.2 Å². The number of hydrogen-bond donors (Lipinski definition) is 3. The van der Waals surface area contributed by atoms with E-state index in [0.29, 0.717) is 5.82 Å². The van der Waals surface area contributed by atoms with Crippen LogP contribution in [0.1, 0.15) is 26.8 Å². The largest absolute Gasteiger partial charge is 0.354 e. The van der Waals surface area contributed by atoms with E-state index in [1.807, 2.05) is 0 Å². The van der Waals surface area contributed by atoms with Gasteiger partial charge >= 0.3 is 0 Å². The number of carbonyl (C=O) groups is 2. The van der Waals surface area contributed by atoms with Crippen LogP contribution in [0, 0.1) is 6.92 Å². The predicted octanol–water partition coefficient (Wildman–Crippen LogP) is -0.563. The quantitative estimate of drug-likeness (QED) is 0.592. The number of rotatable bonds is 2. The van der Waals surface area contributed by atoms with Gasteiger partial charge in [0.05, 0.1) is 0 Å². The number of aromatic amines is 1. The van der Waals surface area contributed by atoms with Crippen molar-refractivity contribution in [2.24, 2.45) is 0 Å². The number of nitrogens with one attached hydrogen (secondary N) is 3. The summed E-state index contributed by atoms with van der Waals surface area (Å²) in [5.74, 6) is -0.209. The predicted molar refractivity (Wildman–Crippen MR) is 50.1 cm³/mol. The van der Waals surface area contributed by atoms with Crippen LogP contribution in [0.25, 0.3) is 0 Å². The molecule has 76 valence electrons. The van der Waals surface area contributed by atoms with E-state index in [-0.39, 0.29) is 23.2 Å². The van der Waals surface area contributed by atoms with Gasteiger partial charge in [-0.05, 0) is 6.92 Å². The molecule has 0 fully saturated rings. The zero-order valence-corrected chi connectivity index (χ0v) is 8.26. The van der Waals surface area contributed by atoms with Crippen molar-refractivity contribution in [3.8, 4) is 0 Å². The smallest absolute Gasteiger partial charge is 0.272 e. The lowest BCUT2D eigenvalue weighted by Gasteiger charge is -1.99. The van der Waals surface area contributed by atoms with Gasteiger partial charge in [0.15, 0.2) is 5.69 Å². The molecule has 1 aromatic rings. The minimum absolute atomic E-state index is 0.115. The Morgan fingerprint density at radius 2 is 1.79 bits per heavy atom. The molecule has 6 nitrogen and oxygen atoms in total. The number of aromatic nitrogens is 2. The van der Waals surface area contributed by atoms with Crippen LogP contribution >= 0.6 is 0 Å². The fourth-order valence-electron chi connectivity index (χ4n) is 1.06. The maximum Gasteiger partial charge on any atom is 0.272 e. The van der Waals surface area contributed by atoms with Crippen LogP contribution in [-0.4, -0.2) is 35.9 Å². The molecule has 3 N–H and O–H groups in total. The number of nitrogens with zero attached hydrogens (tertiary/aromatic N) is 1. The van der Waals surface area contributed by atoms with E-state index in [9.17, 15) is 9.59 Å². The highest BCUT2D eigenvalue weighted by molar-refractivity contribution is 6.04. The Bertz CT molecular complexity index is 336. The molecule has 2 amide bonds. The van der Waals surface area contributed by atoms with E-state index in [0.717, 1.165) is 0 Å². The van der Waals surface area contributed by atoms with Crippen LogP contribution in [-0.2, 0) is 0 Å². The second-order valence-corrected chi connectivity index (χ2v) is 2.70. The maximum atomic E-state index is 11.3. The van der Waals surface area contributed by atoms with E-state index >= 15 is 0 Å². The Balaban J connectivity index is 3.15. The third-order valence-electron chi connectivity index (χ3n) is 1.72. The van der Waals surface area contributed by atoms with E-state index in [2.05, 4.69) is 20.6 Å². The summed E-state index contributed by atoms with van der Waals surface area (Å²) in [6.45, 7) is 1.68. The molecule has 0 saturated heterocycles. The molecule has 0 aromatic carbocycles. The number of amides is 2. The van der Waals surface area contributed by atoms with Crippen molar-refractivity contribution < 1.29 is 9.59 Å². The molecular weight excluding hydrogens is 184 g/mol. The van der Waals surface area contributed by atoms with Crippen molar-refractivity contribution in [2.75, 3.05) is 14.1 Å². The van der Waals surface area contributed by atoms with Crippen LogP contribution in [0.5, 0.6) is 0 Å². The Morgan fingerprint density at radius 3 is 2.29 bits per heavy atom. The first kappa shape index (κ1) is 10.2. The fourth-order valence-corrected chi connectivity index (χ4v) is 1.06. The molecular formula is C8H12N4O2. The summed E-state index contributed by atoms with van der Waals surface area (Å²) >= 11 is 0. The Hall–Kier alpha value is -1.85. The molecule has 0 aliphatic heterocycles. The number of aryl methyl sites for hydroxylation is 1. The third kappa shape index (κ3) is 1.73. The number of imidazole rings is 1. The third-order valence-corrected chi connectivity index (χ3v) is 1.72. The summed E-state index contributed by atoms with van der Waals surface area (Å²) < 4.78 is 0. The summed E-state index contributed by atoms with van der Waals surface area (Å²) in [5, 5.41) is 4.84. The highest BCUT2D eigenvalue weighted by Gasteiger charge is 2.19. The summed E-state index contributed by atoms with van der Waals surface area (Å²) in [7, 11) is 2.98.